The highest BCUT2D eigenvalue weighted by atomic mass is 14.9. The van der Waals surface area contributed by atoms with E-state index in [1.807, 2.05) is 36.4 Å². The molecule has 0 aliphatic carbocycles. The molecule has 0 bridgehead atoms. The van der Waals surface area contributed by atoms with Gasteiger partial charge in [-0.15, -0.1) is 0 Å². The Balaban J connectivity index is 0.000000220. The molecule has 4 rings (SSSR count). The molecule has 0 fully saturated rings. The monoisotopic (exact) mass is 536 g/mol. The molecule has 0 aliphatic heterocycles. The SMILES string of the molecule is CC(C)CC(C)Nc1ccc(Nc2ccccc2)cc1.CC(C)CC(C)Nc1ccc(Nc2ccccc2)cc1. The van der Waals surface area contributed by atoms with Crippen molar-refractivity contribution in [3.05, 3.63) is 109 Å². The quantitative estimate of drug-likeness (QED) is 0.145. The summed E-state index contributed by atoms with van der Waals surface area (Å²) in [6.07, 6.45) is 2.37. The first-order valence-electron chi connectivity index (χ1n) is 14.6. The predicted octanol–water partition coefficient (Wildman–Crippen LogP) is 10.6. The van der Waals surface area contributed by atoms with Crippen molar-refractivity contribution in [2.24, 2.45) is 11.8 Å². The van der Waals surface area contributed by atoms with E-state index in [0.29, 0.717) is 12.1 Å². The zero-order chi connectivity index (χ0) is 28.7. The van der Waals surface area contributed by atoms with Crippen LogP contribution in [0.1, 0.15) is 54.4 Å². The maximum absolute atomic E-state index is 3.54. The molecule has 4 N–H and O–H groups in total. The van der Waals surface area contributed by atoms with Crippen LogP contribution in [0.4, 0.5) is 34.1 Å². The van der Waals surface area contributed by atoms with Gasteiger partial charge in [-0.25, -0.2) is 0 Å². The lowest BCUT2D eigenvalue weighted by molar-refractivity contribution is 0.539. The van der Waals surface area contributed by atoms with E-state index in [1.54, 1.807) is 0 Å². The van der Waals surface area contributed by atoms with Crippen LogP contribution in [-0.2, 0) is 0 Å². The number of benzene rings is 4. The predicted molar refractivity (Wildman–Crippen MR) is 177 cm³/mol. The van der Waals surface area contributed by atoms with Gasteiger partial charge in [0.15, 0.2) is 0 Å². The lowest BCUT2D eigenvalue weighted by Crippen LogP contribution is -2.17. The van der Waals surface area contributed by atoms with Crippen LogP contribution in [0, 0.1) is 11.8 Å². The Morgan fingerprint density at radius 1 is 0.375 bits per heavy atom. The Morgan fingerprint density at radius 3 is 0.950 bits per heavy atom. The molecule has 212 valence electrons. The molecule has 0 heterocycles. The number of hydrogen-bond acceptors (Lipinski definition) is 4. The topological polar surface area (TPSA) is 48.1 Å². The fourth-order valence-corrected chi connectivity index (χ4v) is 4.78. The third-order valence-electron chi connectivity index (χ3n) is 6.37. The Labute approximate surface area is 242 Å². The van der Waals surface area contributed by atoms with Gasteiger partial charge in [-0.2, -0.15) is 0 Å². The van der Waals surface area contributed by atoms with Crippen LogP contribution < -0.4 is 21.3 Å². The molecular weight excluding hydrogens is 488 g/mol. The minimum atomic E-state index is 0.503. The molecular formula is C36H48N4. The average Bonchev–Trinajstić information content (AvgIpc) is 2.92. The number of anilines is 6. The second-order valence-electron chi connectivity index (χ2n) is 11.5. The molecule has 0 aliphatic rings. The van der Waals surface area contributed by atoms with Gasteiger partial charge in [0.1, 0.15) is 0 Å². The highest BCUT2D eigenvalue weighted by Crippen LogP contribution is 2.21. The van der Waals surface area contributed by atoms with Gasteiger partial charge in [-0.3, -0.25) is 0 Å². The summed E-state index contributed by atoms with van der Waals surface area (Å²) in [5.74, 6) is 1.44. The summed E-state index contributed by atoms with van der Waals surface area (Å²) in [7, 11) is 0. The minimum Gasteiger partial charge on any atom is -0.383 e. The van der Waals surface area contributed by atoms with E-state index in [0.717, 1.165) is 34.6 Å². The van der Waals surface area contributed by atoms with Gasteiger partial charge in [0, 0.05) is 46.2 Å². The number of hydrogen-bond donors (Lipinski definition) is 4. The van der Waals surface area contributed by atoms with E-state index in [2.05, 4.69) is 136 Å². The van der Waals surface area contributed by atoms with Crippen LogP contribution in [0.25, 0.3) is 0 Å². The molecule has 2 unspecified atom stereocenters. The molecule has 0 saturated heterocycles. The zero-order valence-corrected chi connectivity index (χ0v) is 25.1. The second kappa shape index (κ2) is 16.2. The van der Waals surface area contributed by atoms with Gasteiger partial charge in [-0.05, 0) is 111 Å². The van der Waals surface area contributed by atoms with Crippen molar-refractivity contribution in [3.8, 4) is 0 Å². The molecule has 2 atom stereocenters. The van der Waals surface area contributed by atoms with Crippen LogP contribution in [0.5, 0.6) is 0 Å². The van der Waals surface area contributed by atoms with Crippen molar-refractivity contribution in [3.63, 3.8) is 0 Å². The van der Waals surface area contributed by atoms with Gasteiger partial charge in [0.2, 0.25) is 0 Å². The summed E-state index contributed by atoms with van der Waals surface area (Å²) in [5, 5.41) is 13.9. The summed E-state index contributed by atoms with van der Waals surface area (Å²) in [4.78, 5) is 0. The summed E-state index contributed by atoms with van der Waals surface area (Å²) in [6, 6.07) is 38.4. The van der Waals surface area contributed by atoms with Crippen molar-refractivity contribution in [1.82, 2.24) is 0 Å². The van der Waals surface area contributed by atoms with Gasteiger partial charge in [0.05, 0.1) is 0 Å². The van der Waals surface area contributed by atoms with Crippen molar-refractivity contribution in [2.45, 2.75) is 66.5 Å². The van der Waals surface area contributed by atoms with Crippen LogP contribution in [0.2, 0.25) is 0 Å². The fraction of sp³-hybridized carbons (Fsp3) is 0.333. The first kappa shape index (κ1) is 30.6. The van der Waals surface area contributed by atoms with E-state index in [4.69, 9.17) is 0 Å². The smallest absolute Gasteiger partial charge is 0.0385 e. The molecule has 4 heteroatoms. The number of nitrogens with one attached hydrogen (secondary N) is 4. The highest BCUT2D eigenvalue weighted by Gasteiger charge is 2.06. The van der Waals surface area contributed by atoms with E-state index in [-0.39, 0.29) is 0 Å². The second-order valence-corrected chi connectivity index (χ2v) is 11.5. The number of para-hydroxylation sites is 2. The van der Waals surface area contributed by atoms with Crippen molar-refractivity contribution in [1.29, 1.82) is 0 Å². The summed E-state index contributed by atoms with van der Waals surface area (Å²) in [6.45, 7) is 13.5. The van der Waals surface area contributed by atoms with Crippen molar-refractivity contribution < 1.29 is 0 Å². The third-order valence-corrected chi connectivity index (χ3v) is 6.37. The van der Waals surface area contributed by atoms with Crippen molar-refractivity contribution in [2.75, 3.05) is 21.3 Å². The van der Waals surface area contributed by atoms with Gasteiger partial charge < -0.3 is 21.3 Å². The Hall–Kier alpha value is -3.92. The molecule has 0 amide bonds. The van der Waals surface area contributed by atoms with Gasteiger partial charge >= 0.3 is 0 Å². The Kier molecular flexibility index (Phi) is 12.4. The highest BCUT2D eigenvalue weighted by molar-refractivity contribution is 5.63. The fourth-order valence-electron chi connectivity index (χ4n) is 4.78. The summed E-state index contributed by atoms with van der Waals surface area (Å²) >= 11 is 0. The molecule has 0 saturated carbocycles. The average molecular weight is 537 g/mol. The lowest BCUT2D eigenvalue weighted by atomic mass is 10.1. The summed E-state index contributed by atoms with van der Waals surface area (Å²) in [5.41, 5.74) is 6.80. The molecule has 0 spiro atoms. The van der Waals surface area contributed by atoms with E-state index in [1.165, 1.54) is 24.2 Å². The Morgan fingerprint density at radius 2 is 0.650 bits per heavy atom. The van der Waals surface area contributed by atoms with Crippen LogP contribution in [-0.4, -0.2) is 12.1 Å². The van der Waals surface area contributed by atoms with Crippen molar-refractivity contribution >= 4 is 34.1 Å². The molecule has 0 aromatic heterocycles. The maximum Gasteiger partial charge on any atom is 0.0385 e. The van der Waals surface area contributed by atoms with Crippen LogP contribution in [0.15, 0.2) is 109 Å². The zero-order valence-electron chi connectivity index (χ0n) is 25.1. The molecule has 4 nitrogen and oxygen atoms in total. The van der Waals surface area contributed by atoms with E-state index >= 15 is 0 Å². The van der Waals surface area contributed by atoms with E-state index in [9.17, 15) is 0 Å². The molecule has 40 heavy (non-hydrogen) atoms. The largest absolute Gasteiger partial charge is 0.383 e. The molecule has 4 aromatic carbocycles. The molecule has 0 radical (unpaired) electrons. The maximum atomic E-state index is 3.54. The lowest BCUT2D eigenvalue weighted by Gasteiger charge is -2.17. The first-order chi connectivity index (χ1) is 19.3. The van der Waals surface area contributed by atoms with Gasteiger partial charge in [0.25, 0.3) is 0 Å². The minimum absolute atomic E-state index is 0.503. The first-order valence-corrected chi connectivity index (χ1v) is 14.6. The number of rotatable bonds is 12. The molecule has 4 aromatic rings. The summed E-state index contributed by atoms with van der Waals surface area (Å²) < 4.78 is 0. The normalized spacial score (nSPS) is 12.2. The standard InChI is InChI=1S/2C18H24N2/c2*1-14(2)13-15(3)19-17-9-11-18(12-10-17)20-16-7-5-4-6-8-16/h2*4-12,14-15,19-20H,13H2,1-3H3. The Bertz CT molecular complexity index is 1100. The van der Waals surface area contributed by atoms with Crippen LogP contribution >= 0.6 is 0 Å². The van der Waals surface area contributed by atoms with Gasteiger partial charge in [-0.1, -0.05) is 64.1 Å². The van der Waals surface area contributed by atoms with Crippen LogP contribution in [0.3, 0.4) is 0 Å². The third kappa shape index (κ3) is 11.9. The van der Waals surface area contributed by atoms with E-state index < -0.39 is 0 Å².